The minimum atomic E-state index is -3.86. The van der Waals surface area contributed by atoms with Crippen LogP contribution < -0.4 is 5.32 Å². The molecule has 0 rings (SSSR count). The molecule has 0 spiro atoms. The van der Waals surface area contributed by atoms with E-state index < -0.39 is 10.4 Å². The molecule has 0 unspecified atom stereocenters. The standard InChI is InChI=1S/C7H13NO5S/c1-3-7(9)8-5-4-6-13-14(10,11)12-2/h3H,1,4-6H2,2H3,(H,8,9). The Hall–Kier alpha value is -0.920. The lowest BCUT2D eigenvalue weighted by Crippen LogP contribution is -2.23. The maximum absolute atomic E-state index is 10.6. The molecule has 0 aromatic rings. The summed E-state index contributed by atoms with van der Waals surface area (Å²) >= 11 is 0. The molecule has 6 nitrogen and oxygen atoms in total. The average molecular weight is 223 g/mol. The van der Waals surface area contributed by atoms with Crippen LogP contribution in [0.15, 0.2) is 12.7 Å². The van der Waals surface area contributed by atoms with Gasteiger partial charge in [0, 0.05) is 6.54 Å². The van der Waals surface area contributed by atoms with Crippen LogP contribution in [0.4, 0.5) is 0 Å². The Balaban J connectivity index is 3.48. The Morgan fingerprint density at radius 3 is 2.71 bits per heavy atom. The van der Waals surface area contributed by atoms with Gasteiger partial charge in [-0.15, -0.1) is 0 Å². The van der Waals surface area contributed by atoms with Crippen molar-refractivity contribution in [1.29, 1.82) is 0 Å². The second-order valence-electron chi connectivity index (χ2n) is 2.25. The van der Waals surface area contributed by atoms with Gasteiger partial charge in [0.2, 0.25) is 5.91 Å². The van der Waals surface area contributed by atoms with Crippen molar-refractivity contribution in [2.45, 2.75) is 6.42 Å². The van der Waals surface area contributed by atoms with Crippen molar-refractivity contribution in [3.05, 3.63) is 12.7 Å². The van der Waals surface area contributed by atoms with Gasteiger partial charge in [-0.25, -0.2) is 4.18 Å². The van der Waals surface area contributed by atoms with E-state index in [9.17, 15) is 13.2 Å². The van der Waals surface area contributed by atoms with Gasteiger partial charge in [-0.05, 0) is 12.5 Å². The predicted octanol–water partition coefficient (Wildman–Crippen LogP) is -0.413. The molecule has 1 N–H and O–H groups in total. The van der Waals surface area contributed by atoms with Crippen LogP contribution in [0.3, 0.4) is 0 Å². The largest absolute Gasteiger partial charge is 0.399 e. The van der Waals surface area contributed by atoms with Gasteiger partial charge in [0.15, 0.2) is 0 Å². The van der Waals surface area contributed by atoms with E-state index >= 15 is 0 Å². The van der Waals surface area contributed by atoms with Crippen LogP contribution in [0.25, 0.3) is 0 Å². The van der Waals surface area contributed by atoms with E-state index in [4.69, 9.17) is 0 Å². The van der Waals surface area contributed by atoms with Crippen LogP contribution in [0, 0.1) is 0 Å². The highest BCUT2D eigenvalue weighted by Crippen LogP contribution is 1.93. The fraction of sp³-hybridized carbons (Fsp3) is 0.571. The van der Waals surface area contributed by atoms with Gasteiger partial charge in [-0.2, -0.15) is 8.42 Å². The van der Waals surface area contributed by atoms with Crippen LogP contribution in [-0.2, 0) is 23.6 Å². The minimum absolute atomic E-state index is 0.0341. The Labute approximate surface area is 83.2 Å². The van der Waals surface area contributed by atoms with Gasteiger partial charge in [0.1, 0.15) is 0 Å². The molecule has 0 aliphatic heterocycles. The van der Waals surface area contributed by atoms with Crippen molar-refractivity contribution in [1.82, 2.24) is 5.32 Å². The van der Waals surface area contributed by atoms with Crippen molar-refractivity contribution in [3.63, 3.8) is 0 Å². The average Bonchev–Trinajstić information content (AvgIpc) is 2.17. The molecular weight excluding hydrogens is 210 g/mol. The zero-order valence-electron chi connectivity index (χ0n) is 7.86. The van der Waals surface area contributed by atoms with E-state index in [0.717, 1.165) is 13.2 Å². The van der Waals surface area contributed by atoms with Crippen molar-refractivity contribution in [2.24, 2.45) is 0 Å². The monoisotopic (exact) mass is 223 g/mol. The van der Waals surface area contributed by atoms with E-state index in [2.05, 4.69) is 20.3 Å². The van der Waals surface area contributed by atoms with Gasteiger partial charge in [-0.1, -0.05) is 6.58 Å². The van der Waals surface area contributed by atoms with Crippen LogP contribution in [-0.4, -0.2) is 34.6 Å². The molecule has 7 heteroatoms. The number of rotatable bonds is 7. The topological polar surface area (TPSA) is 81.7 Å². The quantitative estimate of drug-likeness (QED) is 0.468. The third-order valence-electron chi connectivity index (χ3n) is 1.24. The molecule has 0 aliphatic carbocycles. The van der Waals surface area contributed by atoms with Crippen LogP contribution in [0.2, 0.25) is 0 Å². The summed E-state index contributed by atoms with van der Waals surface area (Å²) in [7, 11) is -2.85. The predicted molar refractivity (Wildman–Crippen MR) is 49.7 cm³/mol. The molecule has 1 amide bonds. The van der Waals surface area contributed by atoms with Crippen molar-refractivity contribution >= 4 is 16.3 Å². The van der Waals surface area contributed by atoms with Crippen LogP contribution in [0.1, 0.15) is 6.42 Å². The highest BCUT2D eigenvalue weighted by atomic mass is 32.3. The zero-order valence-corrected chi connectivity index (χ0v) is 8.67. The van der Waals surface area contributed by atoms with Crippen molar-refractivity contribution < 1.29 is 21.6 Å². The van der Waals surface area contributed by atoms with E-state index in [-0.39, 0.29) is 12.5 Å². The molecule has 0 atom stereocenters. The molecule has 0 fully saturated rings. The van der Waals surface area contributed by atoms with E-state index in [1.165, 1.54) is 0 Å². The van der Waals surface area contributed by atoms with Crippen molar-refractivity contribution in [3.8, 4) is 0 Å². The normalized spacial score (nSPS) is 10.9. The lowest BCUT2D eigenvalue weighted by molar-refractivity contribution is -0.116. The fourth-order valence-electron chi connectivity index (χ4n) is 0.565. The molecule has 82 valence electrons. The summed E-state index contributed by atoms with van der Waals surface area (Å²) in [6.07, 6.45) is 1.51. The summed E-state index contributed by atoms with van der Waals surface area (Å²) in [6, 6.07) is 0. The number of nitrogens with one attached hydrogen (secondary N) is 1. The molecule has 0 aromatic heterocycles. The summed E-state index contributed by atoms with van der Waals surface area (Å²) in [5.74, 6) is -0.306. The number of hydrogen-bond acceptors (Lipinski definition) is 5. The first-order chi connectivity index (χ1) is 6.52. The fourth-order valence-corrected chi connectivity index (χ4v) is 0.983. The van der Waals surface area contributed by atoms with Crippen LogP contribution >= 0.6 is 0 Å². The molecular formula is C7H13NO5S. The minimum Gasteiger partial charge on any atom is -0.352 e. The Bertz CT molecular complexity index is 284. The number of carbonyl (C=O) groups is 1. The lowest BCUT2D eigenvalue weighted by atomic mass is 10.4. The Kier molecular flexibility index (Phi) is 6.09. The van der Waals surface area contributed by atoms with Gasteiger partial charge < -0.3 is 5.32 Å². The zero-order chi connectivity index (χ0) is 11.0. The molecule has 0 aromatic carbocycles. The van der Waals surface area contributed by atoms with Gasteiger partial charge >= 0.3 is 10.4 Å². The Morgan fingerprint density at radius 1 is 1.57 bits per heavy atom. The first-order valence-corrected chi connectivity index (χ1v) is 5.20. The van der Waals surface area contributed by atoms with E-state index in [1.807, 2.05) is 0 Å². The Morgan fingerprint density at radius 2 is 2.21 bits per heavy atom. The summed E-state index contributed by atoms with van der Waals surface area (Å²) < 4.78 is 29.6. The maximum atomic E-state index is 10.6. The second kappa shape index (κ2) is 6.52. The summed E-state index contributed by atoms with van der Waals surface area (Å²) in [5.41, 5.74) is 0. The molecule has 0 saturated heterocycles. The second-order valence-corrected chi connectivity index (χ2v) is 3.63. The molecule has 0 saturated carbocycles. The van der Waals surface area contributed by atoms with Crippen LogP contribution in [0.5, 0.6) is 0 Å². The SMILES string of the molecule is C=CC(=O)NCCCOS(=O)(=O)OC. The van der Waals surface area contributed by atoms with Crippen molar-refractivity contribution in [2.75, 3.05) is 20.3 Å². The summed E-state index contributed by atoms with van der Waals surface area (Å²) in [4.78, 5) is 10.6. The molecule has 0 bridgehead atoms. The summed E-state index contributed by atoms with van der Waals surface area (Å²) in [6.45, 7) is 3.54. The van der Waals surface area contributed by atoms with E-state index in [0.29, 0.717) is 13.0 Å². The first kappa shape index (κ1) is 13.1. The first-order valence-electron chi connectivity index (χ1n) is 3.87. The number of hydrogen-bond donors (Lipinski definition) is 1. The number of amides is 1. The molecule has 0 radical (unpaired) electrons. The number of carbonyl (C=O) groups excluding carboxylic acids is 1. The molecule has 14 heavy (non-hydrogen) atoms. The van der Waals surface area contributed by atoms with Gasteiger partial charge in [-0.3, -0.25) is 8.98 Å². The highest BCUT2D eigenvalue weighted by molar-refractivity contribution is 7.81. The maximum Gasteiger partial charge on any atom is 0.399 e. The third kappa shape index (κ3) is 6.58. The smallest absolute Gasteiger partial charge is 0.352 e. The molecule has 0 heterocycles. The third-order valence-corrected chi connectivity index (χ3v) is 2.10. The van der Waals surface area contributed by atoms with E-state index in [1.54, 1.807) is 0 Å². The highest BCUT2D eigenvalue weighted by Gasteiger charge is 2.07. The summed E-state index contributed by atoms with van der Waals surface area (Å²) in [5, 5.41) is 2.46. The lowest BCUT2D eigenvalue weighted by Gasteiger charge is -2.03. The van der Waals surface area contributed by atoms with Gasteiger partial charge in [0.25, 0.3) is 0 Å². The van der Waals surface area contributed by atoms with Gasteiger partial charge in [0.05, 0.1) is 13.7 Å². The molecule has 0 aliphatic rings.